The lowest BCUT2D eigenvalue weighted by Gasteiger charge is -2.15. The molecule has 1 saturated carbocycles. The molecule has 2 rings (SSSR count). The fourth-order valence-electron chi connectivity index (χ4n) is 1.73. The summed E-state index contributed by atoms with van der Waals surface area (Å²) in [6, 6.07) is 1.87. The van der Waals surface area contributed by atoms with Gasteiger partial charge in [-0.25, -0.2) is 0 Å². The van der Waals surface area contributed by atoms with E-state index in [0.717, 1.165) is 12.1 Å². The van der Waals surface area contributed by atoms with Gasteiger partial charge in [0.25, 0.3) is 5.91 Å². The number of nitrogens with zero attached hydrogens (tertiary/aromatic N) is 1. The van der Waals surface area contributed by atoms with Crippen LogP contribution >= 0.6 is 11.3 Å². The maximum Gasteiger partial charge on any atom is 0.264 e. The molecular weight excluding hydrogens is 246 g/mol. The number of aliphatic hydroxyl groups excluding tert-OH is 1. The summed E-state index contributed by atoms with van der Waals surface area (Å²) in [6.07, 6.45) is 2.93. The van der Waals surface area contributed by atoms with E-state index in [1.807, 2.05) is 18.5 Å². The van der Waals surface area contributed by atoms with Crippen LogP contribution in [-0.2, 0) is 0 Å². The predicted molar refractivity (Wildman–Crippen MR) is 72.6 cm³/mol. The van der Waals surface area contributed by atoms with Gasteiger partial charge < -0.3 is 10.0 Å². The van der Waals surface area contributed by atoms with Crippen LogP contribution < -0.4 is 0 Å². The second-order valence-corrected chi connectivity index (χ2v) is 5.48. The van der Waals surface area contributed by atoms with Crippen molar-refractivity contribution in [1.29, 1.82) is 0 Å². The first-order chi connectivity index (χ1) is 8.72. The average molecular weight is 263 g/mol. The zero-order valence-corrected chi connectivity index (χ0v) is 11.3. The first kappa shape index (κ1) is 13.1. The lowest BCUT2D eigenvalue weighted by molar-refractivity contribution is 0.0793. The summed E-state index contributed by atoms with van der Waals surface area (Å²) in [4.78, 5) is 14.7. The van der Waals surface area contributed by atoms with E-state index in [-0.39, 0.29) is 12.5 Å². The largest absolute Gasteiger partial charge is 0.395 e. The lowest BCUT2D eigenvalue weighted by atomic mass is 10.2. The van der Waals surface area contributed by atoms with Gasteiger partial charge in [0.1, 0.15) is 4.88 Å². The minimum atomic E-state index is 0.0575. The molecule has 0 atom stereocenters. The number of rotatable bonds is 4. The fraction of sp³-hybridized carbons (Fsp3) is 0.500. The summed E-state index contributed by atoms with van der Waals surface area (Å²) < 4.78 is 0. The monoisotopic (exact) mass is 263 g/mol. The first-order valence-electron chi connectivity index (χ1n) is 6.15. The molecule has 0 aliphatic heterocycles. The van der Waals surface area contributed by atoms with Gasteiger partial charge in [-0.2, -0.15) is 0 Å². The molecule has 0 saturated heterocycles. The van der Waals surface area contributed by atoms with Gasteiger partial charge in [0.05, 0.1) is 6.61 Å². The van der Waals surface area contributed by atoms with E-state index in [1.165, 1.54) is 24.2 Å². The van der Waals surface area contributed by atoms with Crippen molar-refractivity contribution in [2.75, 3.05) is 20.2 Å². The van der Waals surface area contributed by atoms with Crippen LogP contribution in [0.15, 0.2) is 11.4 Å². The van der Waals surface area contributed by atoms with E-state index in [2.05, 4.69) is 11.8 Å². The van der Waals surface area contributed by atoms with Crippen LogP contribution in [0.4, 0.5) is 0 Å². The average Bonchev–Trinajstić information content (AvgIpc) is 3.05. The molecule has 1 heterocycles. The molecule has 1 aliphatic rings. The van der Waals surface area contributed by atoms with E-state index in [9.17, 15) is 4.79 Å². The lowest BCUT2D eigenvalue weighted by Crippen LogP contribution is -2.28. The summed E-state index contributed by atoms with van der Waals surface area (Å²) in [6.45, 7) is 0.905. The second-order valence-electron chi connectivity index (χ2n) is 4.57. The molecule has 0 aromatic carbocycles. The van der Waals surface area contributed by atoms with Crippen molar-refractivity contribution in [2.24, 2.45) is 5.92 Å². The Balaban J connectivity index is 2.05. The molecular formula is C14H17NO2S. The highest BCUT2D eigenvalue weighted by Gasteiger charge is 2.26. The van der Waals surface area contributed by atoms with E-state index in [4.69, 9.17) is 5.11 Å². The summed E-state index contributed by atoms with van der Waals surface area (Å²) in [5.41, 5.74) is 0.779. The Kier molecular flexibility index (Phi) is 4.40. The highest BCUT2D eigenvalue weighted by molar-refractivity contribution is 7.12. The van der Waals surface area contributed by atoms with Gasteiger partial charge in [-0.1, -0.05) is 11.8 Å². The van der Waals surface area contributed by atoms with Crippen LogP contribution in [0, 0.1) is 17.8 Å². The maximum atomic E-state index is 12.2. The van der Waals surface area contributed by atoms with Crippen molar-refractivity contribution >= 4 is 17.2 Å². The zero-order chi connectivity index (χ0) is 13.0. The van der Waals surface area contributed by atoms with Gasteiger partial charge in [0.2, 0.25) is 0 Å². The van der Waals surface area contributed by atoms with Crippen LogP contribution in [0.1, 0.15) is 34.5 Å². The summed E-state index contributed by atoms with van der Waals surface area (Å²) in [5, 5.41) is 10.6. The minimum absolute atomic E-state index is 0.0575. The van der Waals surface area contributed by atoms with Crippen molar-refractivity contribution in [3.05, 3.63) is 21.9 Å². The molecule has 1 aliphatic carbocycles. The van der Waals surface area contributed by atoms with Gasteiger partial charge in [-0.15, -0.1) is 11.3 Å². The number of amides is 1. The summed E-state index contributed by atoms with van der Waals surface area (Å²) >= 11 is 1.44. The number of aliphatic hydroxyl groups is 1. The van der Waals surface area contributed by atoms with Gasteiger partial charge in [0, 0.05) is 25.6 Å². The molecule has 0 unspecified atom stereocenters. The predicted octanol–water partition coefficient (Wildman–Crippen LogP) is 1.96. The Hall–Kier alpha value is -1.31. The molecule has 4 heteroatoms. The van der Waals surface area contributed by atoms with Crippen molar-refractivity contribution in [2.45, 2.75) is 19.3 Å². The first-order valence-corrected chi connectivity index (χ1v) is 7.03. The van der Waals surface area contributed by atoms with Gasteiger partial charge >= 0.3 is 0 Å². The highest BCUT2D eigenvalue weighted by Crippen LogP contribution is 2.30. The SMILES string of the molecule is CN(CC1CC1)C(=O)c1sccc1C#CCCO. The van der Waals surface area contributed by atoms with E-state index in [0.29, 0.717) is 17.2 Å². The fourth-order valence-corrected chi connectivity index (χ4v) is 2.57. The number of carbonyl (C=O) groups excluding carboxylic acids is 1. The quantitative estimate of drug-likeness (QED) is 0.844. The minimum Gasteiger partial charge on any atom is -0.395 e. The molecule has 0 radical (unpaired) electrons. The van der Waals surface area contributed by atoms with Crippen LogP contribution in [0.2, 0.25) is 0 Å². The maximum absolute atomic E-state index is 12.2. The number of thiophene rings is 1. The Morgan fingerprint density at radius 2 is 2.39 bits per heavy atom. The molecule has 1 amide bonds. The standard InChI is InChI=1S/C14H17NO2S/c1-15(10-11-5-6-11)14(17)13-12(7-9-18-13)4-2-3-8-16/h7,9,11,16H,3,5-6,8,10H2,1H3. The molecule has 0 spiro atoms. The Labute approximate surface area is 111 Å². The van der Waals surface area contributed by atoms with Crippen LogP contribution in [0.5, 0.6) is 0 Å². The molecule has 1 N–H and O–H groups in total. The Bertz CT molecular complexity index is 479. The normalized spacial score (nSPS) is 13.9. The molecule has 1 aromatic heterocycles. The molecule has 1 aromatic rings. The Morgan fingerprint density at radius 1 is 1.61 bits per heavy atom. The molecule has 1 fully saturated rings. The molecule has 3 nitrogen and oxygen atoms in total. The van der Waals surface area contributed by atoms with Crippen molar-refractivity contribution in [3.8, 4) is 11.8 Å². The summed E-state index contributed by atoms with van der Waals surface area (Å²) in [7, 11) is 1.85. The summed E-state index contributed by atoms with van der Waals surface area (Å²) in [5.74, 6) is 6.57. The molecule has 0 bridgehead atoms. The smallest absolute Gasteiger partial charge is 0.264 e. The van der Waals surface area contributed by atoms with Gasteiger partial charge in [0.15, 0.2) is 0 Å². The van der Waals surface area contributed by atoms with Crippen LogP contribution in [-0.4, -0.2) is 36.1 Å². The number of hydrogen-bond donors (Lipinski definition) is 1. The number of carbonyl (C=O) groups is 1. The third-order valence-corrected chi connectivity index (χ3v) is 3.80. The van der Waals surface area contributed by atoms with Gasteiger partial charge in [-0.3, -0.25) is 4.79 Å². The van der Waals surface area contributed by atoms with Crippen molar-refractivity contribution in [1.82, 2.24) is 4.90 Å². The van der Waals surface area contributed by atoms with E-state index < -0.39 is 0 Å². The van der Waals surface area contributed by atoms with E-state index in [1.54, 1.807) is 4.90 Å². The van der Waals surface area contributed by atoms with Crippen LogP contribution in [0.25, 0.3) is 0 Å². The van der Waals surface area contributed by atoms with Gasteiger partial charge in [-0.05, 0) is 30.2 Å². The van der Waals surface area contributed by atoms with E-state index >= 15 is 0 Å². The van der Waals surface area contributed by atoms with Crippen molar-refractivity contribution < 1.29 is 9.90 Å². The molecule has 18 heavy (non-hydrogen) atoms. The molecule has 96 valence electrons. The van der Waals surface area contributed by atoms with Crippen LogP contribution in [0.3, 0.4) is 0 Å². The second kappa shape index (κ2) is 6.03. The Morgan fingerprint density at radius 3 is 3.06 bits per heavy atom. The van der Waals surface area contributed by atoms with Crippen molar-refractivity contribution in [3.63, 3.8) is 0 Å². The zero-order valence-electron chi connectivity index (χ0n) is 10.5. The highest BCUT2D eigenvalue weighted by atomic mass is 32.1. The third kappa shape index (κ3) is 3.34. The third-order valence-electron chi connectivity index (χ3n) is 2.90. The topological polar surface area (TPSA) is 40.5 Å². The number of hydrogen-bond acceptors (Lipinski definition) is 3.